The van der Waals surface area contributed by atoms with Crippen LogP contribution in [-0.2, 0) is 14.8 Å². The fraction of sp³-hybridized carbons (Fsp3) is 0.438. The van der Waals surface area contributed by atoms with Crippen molar-refractivity contribution in [3.63, 3.8) is 0 Å². The predicted octanol–water partition coefficient (Wildman–Crippen LogP) is -2.01. The molecule has 0 radical (unpaired) electrons. The molecule has 2 rings (SSSR count). The van der Waals surface area contributed by atoms with E-state index in [2.05, 4.69) is 0 Å². The molecule has 0 saturated carbocycles. The number of carbonyl (C=O) groups excluding carboxylic acids is 1. The minimum Gasteiger partial charge on any atom is -0.545 e. The van der Waals surface area contributed by atoms with Crippen LogP contribution in [0.25, 0.3) is 6.08 Å². The monoisotopic (exact) mass is 370 g/mol. The molecule has 0 amide bonds. The van der Waals surface area contributed by atoms with Crippen molar-refractivity contribution >= 4 is 22.1 Å². The molecular formula is C16H22N2O6S. The molecule has 0 atom stereocenters. The first kappa shape index (κ1) is 19.2. The lowest BCUT2D eigenvalue weighted by Gasteiger charge is -2.30. The number of sulfonamides is 1. The van der Waals surface area contributed by atoms with E-state index in [1.165, 1.54) is 41.6 Å². The molecular weight excluding hydrogens is 348 g/mol. The fourth-order valence-electron chi connectivity index (χ4n) is 2.65. The summed E-state index contributed by atoms with van der Waals surface area (Å²) in [7, 11) is 0.960. The van der Waals surface area contributed by atoms with E-state index in [0.29, 0.717) is 31.7 Å². The van der Waals surface area contributed by atoms with Crippen LogP contribution < -0.4 is 19.5 Å². The number of nitrogens with zero attached hydrogens (tertiary/aromatic N) is 1. The Morgan fingerprint density at radius 2 is 1.88 bits per heavy atom. The summed E-state index contributed by atoms with van der Waals surface area (Å²) in [6.45, 7) is 2.23. The summed E-state index contributed by atoms with van der Waals surface area (Å²) in [6, 6.07) is 2.88. The molecule has 1 fully saturated rings. The number of carboxylic acid groups (broad SMARTS) is 1. The molecule has 0 bridgehead atoms. The zero-order chi connectivity index (χ0) is 18.6. The first-order chi connectivity index (χ1) is 11.8. The van der Waals surface area contributed by atoms with Gasteiger partial charge in [0.05, 0.1) is 53.4 Å². The van der Waals surface area contributed by atoms with Crippen molar-refractivity contribution < 1.29 is 32.7 Å². The Morgan fingerprint density at radius 3 is 2.40 bits per heavy atom. The Balaban J connectivity index is 2.53. The normalized spacial score (nSPS) is 16.9. The third-order valence-electron chi connectivity index (χ3n) is 4.07. The smallest absolute Gasteiger partial charge is 0.247 e. The molecule has 1 aliphatic heterocycles. The standard InChI is InChI=1S/C16H22N2O6S/c1-17-6-8-18(9-7-17)25(21,22)14-11-12(4-5-15(19)20)10-13(23-2)16(14)24-3/h4-5,10-11H,6-9H2,1-3H3,(H,19,20)/b5-4+. The summed E-state index contributed by atoms with van der Waals surface area (Å²) in [5.74, 6) is -1.07. The van der Waals surface area contributed by atoms with Crippen LogP contribution in [0, 0.1) is 0 Å². The number of carboxylic acids is 1. The zero-order valence-corrected chi connectivity index (χ0v) is 15.3. The van der Waals surface area contributed by atoms with Crippen LogP contribution >= 0.6 is 0 Å². The second kappa shape index (κ2) is 7.85. The Hall–Kier alpha value is -2.10. The van der Waals surface area contributed by atoms with Crippen molar-refractivity contribution in [1.82, 2.24) is 4.31 Å². The average Bonchev–Trinajstić information content (AvgIpc) is 2.59. The Morgan fingerprint density at radius 1 is 1.24 bits per heavy atom. The van der Waals surface area contributed by atoms with Crippen molar-refractivity contribution in [3.8, 4) is 11.5 Å². The molecule has 8 nitrogen and oxygen atoms in total. The number of nitrogens with one attached hydrogen (secondary N) is 1. The quantitative estimate of drug-likeness (QED) is 0.581. The van der Waals surface area contributed by atoms with E-state index in [-0.39, 0.29) is 16.4 Å². The van der Waals surface area contributed by atoms with E-state index in [1.807, 2.05) is 7.05 Å². The largest absolute Gasteiger partial charge is 0.545 e. The van der Waals surface area contributed by atoms with Crippen LogP contribution in [0.3, 0.4) is 0 Å². The molecule has 0 unspecified atom stereocenters. The Kier molecular flexibility index (Phi) is 6.04. The molecule has 1 saturated heterocycles. The number of likely N-dealkylation sites (N-methyl/N-ethyl adjacent to an activating group) is 1. The van der Waals surface area contributed by atoms with E-state index < -0.39 is 16.0 Å². The lowest BCUT2D eigenvalue weighted by Crippen LogP contribution is -3.12. The number of carbonyl (C=O) groups is 1. The topological polar surface area (TPSA) is 100 Å². The summed E-state index contributed by atoms with van der Waals surface area (Å²) < 4.78 is 38.0. The average molecular weight is 370 g/mol. The lowest BCUT2D eigenvalue weighted by molar-refractivity contribution is -0.883. The molecule has 1 aromatic rings. The zero-order valence-electron chi connectivity index (χ0n) is 14.4. The summed E-state index contributed by atoms with van der Waals surface area (Å²) in [5.41, 5.74) is 0.361. The van der Waals surface area contributed by atoms with Crippen LogP contribution in [0.15, 0.2) is 23.1 Å². The van der Waals surface area contributed by atoms with Gasteiger partial charge in [-0.1, -0.05) is 6.08 Å². The van der Waals surface area contributed by atoms with Crippen LogP contribution in [-0.4, -0.2) is 66.1 Å². The van der Waals surface area contributed by atoms with Gasteiger partial charge in [0.15, 0.2) is 11.5 Å². The second-order valence-corrected chi connectivity index (χ2v) is 7.67. The number of hydrogen-bond donors (Lipinski definition) is 1. The van der Waals surface area contributed by atoms with Crippen molar-refractivity contribution in [3.05, 3.63) is 23.8 Å². The fourth-order valence-corrected chi connectivity index (χ4v) is 4.29. The van der Waals surface area contributed by atoms with Gasteiger partial charge in [-0.2, -0.15) is 4.31 Å². The predicted molar refractivity (Wildman–Crippen MR) is 89.0 cm³/mol. The SMILES string of the molecule is COc1cc(/C=C/C(=O)[O-])cc(S(=O)(=O)N2CC[NH+](C)CC2)c1OC. The minimum atomic E-state index is -3.80. The lowest BCUT2D eigenvalue weighted by atomic mass is 10.2. The minimum absolute atomic E-state index is 0.0492. The van der Waals surface area contributed by atoms with Gasteiger partial charge in [-0.3, -0.25) is 0 Å². The number of methoxy groups -OCH3 is 2. The summed E-state index contributed by atoms with van der Waals surface area (Å²) in [4.78, 5) is 11.8. The molecule has 138 valence electrons. The van der Waals surface area contributed by atoms with Crippen LogP contribution in [0.2, 0.25) is 0 Å². The molecule has 0 spiro atoms. The van der Waals surface area contributed by atoms with E-state index >= 15 is 0 Å². The summed E-state index contributed by atoms with van der Waals surface area (Å²) >= 11 is 0. The Labute approximate surface area is 147 Å². The molecule has 1 N–H and O–H groups in total. The maximum Gasteiger partial charge on any atom is 0.247 e. The molecule has 1 heterocycles. The van der Waals surface area contributed by atoms with Gasteiger partial charge in [0.25, 0.3) is 0 Å². The molecule has 9 heteroatoms. The van der Waals surface area contributed by atoms with E-state index in [1.54, 1.807) is 0 Å². The molecule has 1 aromatic carbocycles. The summed E-state index contributed by atoms with van der Waals surface area (Å²) in [5, 5.41) is 10.6. The number of hydrogen-bond acceptors (Lipinski definition) is 6. The number of rotatable bonds is 6. The Bertz CT molecular complexity index is 767. The van der Waals surface area contributed by atoms with Gasteiger partial charge >= 0.3 is 0 Å². The third kappa shape index (κ3) is 4.30. The highest BCUT2D eigenvalue weighted by atomic mass is 32.2. The highest BCUT2D eigenvalue weighted by Gasteiger charge is 2.33. The van der Waals surface area contributed by atoms with Crippen molar-refractivity contribution in [2.75, 3.05) is 47.4 Å². The van der Waals surface area contributed by atoms with E-state index in [4.69, 9.17) is 9.47 Å². The number of benzene rings is 1. The van der Waals surface area contributed by atoms with Crippen molar-refractivity contribution in [1.29, 1.82) is 0 Å². The maximum absolute atomic E-state index is 13.1. The molecule has 25 heavy (non-hydrogen) atoms. The van der Waals surface area contributed by atoms with Crippen LogP contribution in [0.4, 0.5) is 0 Å². The number of ether oxygens (including phenoxy) is 2. The second-order valence-electron chi connectivity index (χ2n) is 5.77. The third-order valence-corrected chi connectivity index (χ3v) is 5.98. The van der Waals surface area contributed by atoms with Gasteiger partial charge in [0.2, 0.25) is 10.0 Å². The van der Waals surface area contributed by atoms with E-state index in [0.717, 1.165) is 6.08 Å². The van der Waals surface area contributed by atoms with E-state index in [9.17, 15) is 18.3 Å². The van der Waals surface area contributed by atoms with Gasteiger partial charge in [0.1, 0.15) is 4.90 Å². The number of piperazine rings is 1. The molecule has 0 aromatic heterocycles. The van der Waals surface area contributed by atoms with Crippen molar-refractivity contribution in [2.45, 2.75) is 4.90 Å². The first-order valence-electron chi connectivity index (χ1n) is 7.76. The summed E-state index contributed by atoms with van der Waals surface area (Å²) in [6.07, 6.45) is 2.08. The van der Waals surface area contributed by atoms with Gasteiger partial charge in [-0.15, -0.1) is 0 Å². The molecule has 1 aliphatic rings. The highest BCUT2D eigenvalue weighted by molar-refractivity contribution is 7.89. The van der Waals surface area contributed by atoms with Gasteiger partial charge in [0, 0.05) is 0 Å². The number of aliphatic carboxylic acids is 1. The van der Waals surface area contributed by atoms with Gasteiger partial charge in [-0.05, 0) is 23.8 Å². The molecule has 0 aliphatic carbocycles. The maximum atomic E-state index is 13.1. The highest BCUT2D eigenvalue weighted by Crippen LogP contribution is 2.37. The number of quaternary nitrogens is 1. The van der Waals surface area contributed by atoms with Crippen LogP contribution in [0.1, 0.15) is 5.56 Å². The van der Waals surface area contributed by atoms with Gasteiger partial charge in [-0.25, -0.2) is 8.42 Å². The first-order valence-corrected chi connectivity index (χ1v) is 9.20. The van der Waals surface area contributed by atoms with Crippen LogP contribution in [0.5, 0.6) is 11.5 Å². The van der Waals surface area contributed by atoms with Crippen molar-refractivity contribution in [2.24, 2.45) is 0 Å². The van der Waals surface area contributed by atoms with Gasteiger partial charge < -0.3 is 24.3 Å².